The Morgan fingerprint density at radius 1 is 1.67 bits per heavy atom. The molecule has 0 aliphatic rings. The summed E-state index contributed by atoms with van der Waals surface area (Å²) in [4.78, 5) is 26.3. The van der Waals surface area contributed by atoms with Gasteiger partial charge < -0.3 is 19.2 Å². The first-order valence-electron chi connectivity index (χ1n) is 4.01. The predicted octanol–water partition coefficient (Wildman–Crippen LogP) is 0.571. The summed E-state index contributed by atoms with van der Waals surface area (Å²) < 4.78 is 9.29. The Balaban J connectivity index is 2.76. The third-order valence-corrected chi connectivity index (χ3v) is 1.71. The van der Waals surface area contributed by atoms with E-state index >= 15 is 0 Å². The molecule has 0 unspecified atom stereocenters. The van der Waals surface area contributed by atoms with E-state index in [0.29, 0.717) is 0 Å². The second kappa shape index (κ2) is 4.45. The first-order chi connectivity index (χ1) is 7.06. The SMILES string of the molecule is COC(=O)N(C)Cc1ocnc1C(=O)O. The first-order valence-corrected chi connectivity index (χ1v) is 4.01. The maximum Gasteiger partial charge on any atom is 0.409 e. The van der Waals surface area contributed by atoms with Crippen LogP contribution in [0.1, 0.15) is 16.2 Å². The van der Waals surface area contributed by atoms with Crippen molar-refractivity contribution in [2.24, 2.45) is 0 Å². The number of hydrogen-bond acceptors (Lipinski definition) is 5. The zero-order valence-corrected chi connectivity index (χ0v) is 8.26. The van der Waals surface area contributed by atoms with Gasteiger partial charge in [-0.05, 0) is 0 Å². The van der Waals surface area contributed by atoms with Crippen LogP contribution in [0.2, 0.25) is 0 Å². The third-order valence-electron chi connectivity index (χ3n) is 1.71. The molecule has 7 heteroatoms. The molecule has 0 bridgehead atoms. The molecular formula is C8H10N2O5. The van der Waals surface area contributed by atoms with E-state index in [1.807, 2.05) is 0 Å². The first kappa shape index (κ1) is 11.0. The molecule has 0 radical (unpaired) electrons. The Bertz CT molecular complexity index is 373. The number of carbonyl (C=O) groups excluding carboxylic acids is 1. The van der Waals surface area contributed by atoms with Gasteiger partial charge in [-0.15, -0.1) is 0 Å². The molecule has 1 amide bonds. The van der Waals surface area contributed by atoms with Crippen LogP contribution in [-0.2, 0) is 11.3 Å². The van der Waals surface area contributed by atoms with Gasteiger partial charge in [0.2, 0.25) is 0 Å². The van der Waals surface area contributed by atoms with Gasteiger partial charge in [-0.25, -0.2) is 14.6 Å². The van der Waals surface area contributed by atoms with Gasteiger partial charge in [0.25, 0.3) is 0 Å². The highest BCUT2D eigenvalue weighted by Crippen LogP contribution is 2.09. The molecule has 7 nitrogen and oxygen atoms in total. The summed E-state index contributed by atoms with van der Waals surface area (Å²) in [6, 6.07) is 0. The molecule has 1 aromatic rings. The van der Waals surface area contributed by atoms with E-state index in [9.17, 15) is 9.59 Å². The van der Waals surface area contributed by atoms with Gasteiger partial charge in [0.05, 0.1) is 13.7 Å². The molecule has 0 aromatic carbocycles. The molecule has 0 saturated heterocycles. The summed E-state index contributed by atoms with van der Waals surface area (Å²) in [6.45, 7) is -0.00565. The number of carboxylic acids is 1. The number of aromatic carboxylic acids is 1. The maximum atomic E-state index is 11.0. The Labute approximate surface area is 85.3 Å². The molecule has 0 aliphatic heterocycles. The molecule has 82 valence electrons. The van der Waals surface area contributed by atoms with Crippen LogP contribution in [0.15, 0.2) is 10.8 Å². The number of carbonyl (C=O) groups is 2. The molecule has 1 N–H and O–H groups in total. The summed E-state index contributed by atoms with van der Waals surface area (Å²) in [6.07, 6.45) is 0.437. The lowest BCUT2D eigenvalue weighted by Gasteiger charge is -2.13. The molecule has 0 fully saturated rings. The van der Waals surface area contributed by atoms with Crippen molar-refractivity contribution in [1.82, 2.24) is 9.88 Å². The lowest BCUT2D eigenvalue weighted by Crippen LogP contribution is -2.26. The van der Waals surface area contributed by atoms with Gasteiger partial charge >= 0.3 is 12.1 Å². The number of ether oxygens (including phenoxy) is 1. The van der Waals surface area contributed by atoms with E-state index in [2.05, 4.69) is 9.72 Å². The minimum absolute atomic E-state index is 0.00565. The summed E-state index contributed by atoms with van der Waals surface area (Å²) in [7, 11) is 2.69. The molecular weight excluding hydrogens is 204 g/mol. The number of hydrogen-bond donors (Lipinski definition) is 1. The third kappa shape index (κ3) is 2.46. The molecule has 15 heavy (non-hydrogen) atoms. The predicted molar refractivity (Wildman–Crippen MR) is 47.3 cm³/mol. The summed E-state index contributed by atoms with van der Waals surface area (Å²) >= 11 is 0. The molecule has 1 aromatic heterocycles. The standard InChI is InChI=1S/C8H10N2O5/c1-10(8(13)14-2)3-5-6(7(11)12)9-4-15-5/h4H,3H2,1-2H3,(H,11,12). The Kier molecular flexibility index (Phi) is 3.27. The molecule has 0 atom stereocenters. The van der Waals surface area contributed by atoms with Gasteiger partial charge in [0.1, 0.15) is 0 Å². The van der Waals surface area contributed by atoms with Crippen LogP contribution < -0.4 is 0 Å². The number of nitrogens with zero attached hydrogens (tertiary/aromatic N) is 2. The van der Waals surface area contributed by atoms with Crippen LogP contribution in [0.4, 0.5) is 4.79 Å². The Morgan fingerprint density at radius 3 is 2.87 bits per heavy atom. The Morgan fingerprint density at radius 2 is 2.33 bits per heavy atom. The van der Waals surface area contributed by atoms with Crippen LogP contribution in [0.25, 0.3) is 0 Å². The van der Waals surface area contributed by atoms with E-state index < -0.39 is 12.1 Å². The van der Waals surface area contributed by atoms with Crippen LogP contribution in [0.3, 0.4) is 0 Å². The zero-order chi connectivity index (χ0) is 11.4. The quantitative estimate of drug-likeness (QED) is 0.790. The molecule has 0 saturated carbocycles. The van der Waals surface area contributed by atoms with E-state index in [0.717, 1.165) is 6.39 Å². The minimum atomic E-state index is -1.20. The Hall–Kier alpha value is -2.05. The van der Waals surface area contributed by atoms with Crippen molar-refractivity contribution in [2.75, 3.05) is 14.2 Å². The topological polar surface area (TPSA) is 92.9 Å². The highest BCUT2D eigenvalue weighted by molar-refractivity contribution is 5.86. The van der Waals surface area contributed by atoms with Crippen LogP contribution in [-0.4, -0.2) is 41.2 Å². The van der Waals surface area contributed by atoms with Gasteiger partial charge in [0, 0.05) is 7.05 Å². The lowest BCUT2D eigenvalue weighted by atomic mass is 10.3. The number of amides is 1. The number of rotatable bonds is 3. The van der Waals surface area contributed by atoms with Crippen molar-refractivity contribution < 1.29 is 23.8 Å². The molecule has 1 heterocycles. The maximum absolute atomic E-state index is 11.0. The number of aromatic nitrogens is 1. The van der Waals surface area contributed by atoms with Crippen molar-refractivity contribution in [3.63, 3.8) is 0 Å². The van der Waals surface area contributed by atoms with Crippen molar-refractivity contribution >= 4 is 12.1 Å². The van der Waals surface area contributed by atoms with E-state index in [1.54, 1.807) is 0 Å². The van der Waals surface area contributed by atoms with Gasteiger partial charge in [0.15, 0.2) is 17.8 Å². The van der Waals surface area contributed by atoms with Crippen LogP contribution in [0.5, 0.6) is 0 Å². The molecule has 0 aliphatic carbocycles. The van der Waals surface area contributed by atoms with Crippen molar-refractivity contribution in [3.05, 3.63) is 17.8 Å². The van der Waals surface area contributed by atoms with Gasteiger partial charge in [-0.3, -0.25) is 0 Å². The van der Waals surface area contributed by atoms with E-state index in [1.165, 1.54) is 19.1 Å². The monoisotopic (exact) mass is 214 g/mol. The number of carboxylic acid groups (broad SMARTS) is 1. The summed E-state index contributed by atoms with van der Waals surface area (Å²) in [5.74, 6) is -1.09. The fourth-order valence-corrected chi connectivity index (χ4v) is 0.993. The minimum Gasteiger partial charge on any atom is -0.476 e. The number of methoxy groups -OCH3 is 1. The second-order valence-corrected chi connectivity index (χ2v) is 2.76. The molecule has 1 rings (SSSR count). The van der Waals surface area contributed by atoms with Crippen LogP contribution in [0, 0.1) is 0 Å². The smallest absolute Gasteiger partial charge is 0.409 e. The summed E-state index contributed by atoms with van der Waals surface area (Å²) in [5.41, 5.74) is -0.203. The highest BCUT2D eigenvalue weighted by Gasteiger charge is 2.19. The van der Waals surface area contributed by atoms with Crippen LogP contribution >= 0.6 is 0 Å². The normalized spacial score (nSPS) is 9.73. The average Bonchev–Trinajstić information content (AvgIpc) is 2.64. The highest BCUT2D eigenvalue weighted by atomic mass is 16.5. The summed E-state index contributed by atoms with van der Waals surface area (Å²) in [5, 5.41) is 8.71. The zero-order valence-electron chi connectivity index (χ0n) is 8.26. The van der Waals surface area contributed by atoms with Crippen molar-refractivity contribution in [2.45, 2.75) is 6.54 Å². The molecule has 0 spiro atoms. The second-order valence-electron chi connectivity index (χ2n) is 2.76. The fraction of sp³-hybridized carbons (Fsp3) is 0.375. The van der Waals surface area contributed by atoms with Gasteiger partial charge in [-0.2, -0.15) is 0 Å². The average molecular weight is 214 g/mol. The van der Waals surface area contributed by atoms with Crippen molar-refractivity contribution in [1.29, 1.82) is 0 Å². The largest absolute Gasteiger partial charge is 0.476 e. The lowest BCUT2D eigenvalue weighted by molar-refractivity contribution is 0.0686. The van der Waals surface area contributed by atoms with E-state index in [4.69, 9.17) is 9.52 Å². The van der Waals surface area contributed by atoms with Crippen molar-refractivity contribution in [3.8, 4) is 0 Å². The van der Waals surface area contributed by atoms with Gasteiger partial charge in [-0.1, -0.05) is 0 Å². The number of oxazole rings is 1. The fourth-order valence-electron chi connectivity index (χ4n) is 0.993. The van der Waals surface area contributed by atoms with E-state index in [-0.39, 0.29) is 18.0 Å².